The SMILES string of the molecule is O=C(Nc1ccc(Br)nc1Br)OCc1ccccc1. The van der Waals surface area contributed by atoms with Crippen molar-refractivity contribution < 1.29 is 9.53 Å². The number of halogens is 2. The Kier molecular flexibility index (Phi) is 4.93. The molecule has 0 saturated carbocycles. The third-order valence-electron chi connectivity index (χ3n) is 2.26. The molecule has 19 heavy (non-hydrogen) atoms. The van der Waals surface area contributed by atoms with Gasteiger partial charge in [0.2, 0.25) is 0 Å². The molecular formula is C13H10Br2N2O2. The Morgan fingerprint density at radius 3 is 2.58 bits per heavy atom. The van der Waals surface area contributed by atoms with E-state index in [9.17, 15) is 4.79 Å². The molecule has 0 atom stereocenters. The third-order valence-corrected chi connectivity index (χ3v) is 3.31. The summed E-state index contributed by atoms with van der Waals surface area (Å²) in [5.41, 5.74) is 1.49. The summed E-state index contributed by atoms with van der Waals surface area (Å²) in [4.78, 5) is 15.7. The van der Waals surface area contributed by atoms with Crippen LogP contribution in [0.15, 0.2) is 51.7 Å². The first-order valence-electron chi connectivity index (χ1n) is 5.45. The molecule has 1 heterocycles. The second-order valence-corrected chi connectivity index (χ2v) is 5.22. The van der Waals surface area contributed by atoms with E-state index in [0.29, 0.717) is 14.9 Å². The largest absolute Gasteiger partial charge is 0.444 e. The maximum atomic E-state index is 11.6. The molecule has 2 aromatic rings. The molecule has 1 aromatic heterocycles. The normalized spacial score (nSPS) is 10.0. The fourth-order valence-electron chi connectivity index (χ4n) is 1.37. The fourth-order valence-corrected chi connectivity index (χ4v) is 2.34. The Balaban J connectivity index is 1.91. The second-order valence-electron chi connectivity index (χ2n) is 3.66. The first kappa shape index (κ1) is 14.0. The molecule has 0 unspecified atom stereocenters. The standard InChI is InChI=1S/C13H10Br2N2O2/c14-11-7-6-10(12(15)17-11)16-13(18)19-8-9-4-2-1-3-5-9/h1-7H,8H2,(H,16,18). The summed E-state index contributed by atoms with van der Waals surface area (Å²) >= 11 is 6.50. The van der Waals surface area contributed by atoms with E-state index in [2.05, 4.69) is 42.2 Å². The number of nitrogens with one attached hydrogen (secondary N) is 1. The first-order valence-corrected chi connectivity index (χ1v) is 7.03. The van der Waals surface area contributed by atoms with Gasteiger partial charge in [0.25, 0.3) is 0 Å². The van der Waals surface area contributed by atoms with Crippen molar-refractivity contribution in [2.45, 2.75) is 6.61 Å². The number of amides is 1. The predicted octanol–water partition coefficient (Wildman–Crippen LogP) is 4.36. The quantitative estimate of drug-likeness (QED) is 0.798. The molecule has 1 N–H and O–H groups in total. The van der Waals surface area contributed by atoms with E-state index in [0.717, 1.165) is 5.56 Å². The smallest absolute Gasteiger partial charge is 0.412 e. The summed E-state index contributed by atoms with van der Waals surface area (Å²) in [5.74, 6) is 0. The number of hydrogen-bond donors (Lipinski definition) is 1. The predicted molar refractivity (Wildman–Crippen MR) is 79.9 cm³/mol. The number of carbonyl (C=O) groups is 1. The van der Waals surface area contributed by atoms with Crippen LogP contribution in [0.1, 0.15) is 5.56 Å². The summed E-state index contributed by atoms with van der Waals surface area (Å²) in [6, 6.07) is 12.9. The van der Waals surface area contributed by atoms with Crippen molar-refractivity contribution in [3.63, 3.8) is 0 Å². The van der Waals surface area contributed by atoms with E-state index in [1.165, 1.54) is 0 Å². The Hall–Kier alpha value is -1.40. The van der Waals surface area contributed by atoms with Crippen LogP contribution >= 0.6 is 31.9 Å². The van der Waals surface area contributed by atoms with Crippen LogP contribution in [0.2, 0.25) is 0 Å². The molecule has 2 rings (SSSR count). The molecule has 0 aliphatic heterocycles. The van der Waals surface area contributed by atoms with E-state index in [-0.39, 0.29) is 6.61 Å². The Morgan fingerprint density at radius 1 is 1.16 bits per heavy atom. The van der Waals surface area contributed by atoms with Gasteiger partial charge < -0.3 is 4.74 Å². The van der Waals surface area contributed by atoms with Crippen molar-refractivity contribution in [3.8, 4) is 0 Å². The highest BCUT2D eigenvalue weighted by Gasteiger charge is 2.07. The van der Waals surface area contributed by atoms with Gasteiger partial charge in [-0.15, -0.1) is 0 Å². The number of carbonyl (C=O) groups excluding carboxylic acids is 1. The highest BCUT2D eigenvalue weighted by molar-refractivity contribution is 9.11. The zero-order valence-electron chi connectivity index (χ0n) is 9.77. The van der Waals surface area contributed by atoms with Gasteiger partial charge in [-0.2, -0.15) is 0 Å². The Bertz CT molecular complexity index is 576. The molecule has 4 nitrogen and oxygen atoms in total. The highest BCUT2D eigenvalue weighted by atomic mass is 79.9. The minimum atomic E-state index is -0.520. The summed E-state index contributed by atoms with van der Waals surface area (Å²) in [6.07, 6.45) is -0.520. The minimum Gasteiger partial charge on any atom is -0.444 e. The molecule has 0 fully saturated rings. The van der Waals surface area contributed by atoms with Gasteiger partial charge in [-0.1, -0.05) is 30.3 Å². The number of rotatable bonds is 3. The van der Waals surface area contributed by atoms with E-state index < -0.39 is 6.09 Å². The second kappa shape index (κ2) is 6.68. The van der Waals surface area contributed by atoms with Gasteiger partial charge in [0.15, 0.2) is 0 Å². The number of anilines is 1. The van der Waals surface area contributed by atoms with E-state index in [1.807, 2.05) is 30.3 Å². The molecule has 6 heteroatoms. The van der Waals surface area contributed by atoms with E-state index >= 15 is 0 Å². The third kappa shape index (κ3) is 4.33. The van der Waals surface area contributed by atoms with E-state index in [1.54, 1.807) is 12.1 Å². The Labute approximate surface area is 127 Å². The molecule has 1 amide bonds. The number of pyridine rings is 1. The lowest BCUT2D eigenvalue weighted by Crippen LogP contribution is -2.14. The van der Waals surface area contributed by atoms with Gasteiger partial charge in [-0.3, -0.25) is 5.32 Å². The van der Waals surface area contributed by atoms with E-state index in [4.69, 9.17) is 4.74 Å². The van der Waals surface area contributed by atoms with Crippen LogP contribution in [0.3, 0.4) is 0 Å². The van der Waals surface area contributed by atoms with Crippen LogP contribution in [0.5, 0.6) is 0 Å². The van der Waals surface area contributed by atoms with Crippen molar-refractivity contribution >= 4 is 43.6 Å². The van der Waals surface area contributed by atoms with Crippen molar-refractivity contribution in [1.29, 1.82) is 0 Å². The maximum absolute atomic E-state index is 11.6. The van der Waals surface area contributed by atoms with Crippen LogP contribution in [0.4, 0.5) is 10.5 Å². The summed E-state index contributed by atoms with van der Waals surface area (Å²) in [5, 5.41) is 2.62. The monoisotopic (exact) mass is 384 g/mol. The number of nitrogens with zero attached hydrogens (tertiary/aromatic N) is 1. The molecule has 0 bridgehead atoms. The van der Waals surface area contributed by atoms with Crippen LogP contribution in [-0.2, 0) is 11.3 Å². The number of benzene rings is 1. The lowest BCUT2D eigenvalue weighted by molar-refractivity contribution is 0.155. The van der Waals surface area contributed by atoms with Gasteiger partial charge in [0.05, 0.1) is 5.69 Å². The van der Waals surface area contributed by atoms with Gasteiger partial charge >= 0.3 is 6.09 Å². The van der Waals surface area contributed by atoms with Gasteiger partial charge in [0, 0.05) is 0 Å². The number of ether oxygens (including phenoxy) is 1. The van der Waals surface area contributed by atoms with Crippen LogP contribution in [0.25, 0.3) is 0 Å². The zero-order chi connectivity index (χ0) is 13.7. The van der Waals surface area contributed by atoms with Crippen molar-refractivity contribution in [3.05, 3.63) is 57.2 Å². The van der Waals surface area contributed by atoms with Crippen LogP contribution in [-0.4, -0.2) is 11.1 Å². The van der Waals surface area contributed by atoms with Gasteiger partial charge in [-0.05, 0) is 49.6 Å². The molecule has 0 spiro atoms. The number of hydrogen-bond acceptors (Lipinski definition) is 3. The van der Waals surface area contributed by atoms with Crippen molar-refractivity contribution in [1.82, 2.24) is 4.98 Å². The summed E-state index contributed by atoms with van der Waals surface area (Å²) in [6.45, 7) is 0.230. The molecule has 98 valence electrons. The van der Waals surface area contributed by atoms with Crippen molar-refractivity contribution in [2.75, 3.05) is 5.32 Å². The summed E-state index contributed by atoms with van der Waals surface area (Å²) in [7, 11) is 0. The fraction of sp³-hybridized carbons (Fsp3) is 0.0769. The topological polar surface area (TPSA) is 51.2 Å². The minimum absolute atomic E-state index is 0.230. The highest BCUT2D eigenvalue weighted by Crippen LogP contribution is 2.22. The molecule has 0 aliphatic carbocycles. The van der Waals surface area contributed by atoms with Crippen LogP contribution < -0.4 is 5.32 Å². The van der Waals surface area contributed by atoms with Gasteiger partial charge in [0.1, 0.15) is 15.8 Å². The summed E-state index contributed by atoms with van der Waals surface area (Å²) < 4.78 is 6.33. The van der Waals surface area contributed by atoms with Gasteiger partial charge in [-0.25, -0.2) is 9.78 Å². The number of aromatic nitrogens is 1. The molecule has 1 aromatic carbocycles. The van der Waals surface area contributed by atoms with Crippen molar-refractivity contribution in [2.24, 2.45) is 0 Å². The average molecular weight is 386 g/mol. The lowest BCUT2D eigenvalue weighted by atomic mass is 10.2. The lowest BCUT2D eigenvalue weighted by Gasteiger charge is -2.08. The molecule has 0 radical (unpaired) electrons. The Morgan fingerprint density at radius 2 is 1.89 bits per heavy atom. The molecular weight excluding hydrogens is 376 g/mol. The maximum Gasteiger partial charge on any atom is 0.412 e. The first-order chi connectivity index (χ1) is 9.15. The zero-order valence-corrected chi connectivity index (χ0v) is 12.9. The molecule has 0 aliphatic rings. The van der Waals surface area contributed by atoms with Crippen LogP contribution in [0, 0.1) is 0 Å². The average Bonchev–Trinajstić information content (AvgIpc) is 2.41. The molecule has 0 saturated heterocycles.